The molecule has 2 aromatic heterocycles. The maximum Gasteiger partial charge on any atom is 0.259 e. The third-order valence-electron chi connectivity index (χ3n) is 4.53. The molecule has 0 bridgehead atoms. The lowest BCUT2D eigenvalue weighted by Crippen LogP contribution is -1.84. The smallest absolute Gasteiger partial charge is 0.259 e. The van der Waals surface area contributed by atoms with E-state index in [4.69, 9.17) is 16.1 Å². The van der Waals surface area contributed by atoms with Crippen molar-refractivity contribution in [2.45, 2.75) is 12.8 Å². The second kappa shape index (κ2) is 5.71. The molecule has 1 aliphatic rings. The third kappa shape index (κ3) is 2.50. The fourth-order valence-corrected chi connectivity index (χ4v) is 4.18. The van der Waals surface area contributed by atoms with Gasteiger partial charge >= 0.3 is 0 Å². The van der Waals surface area contributed by atoms with Crippen LogP contribution in [0.4, 0.5) is 0 Å². The Bertz CT molecular complexity index is 1120. The van der Waals surface area contributed by atoms with Gasteiger partial charge in [0.25, 0.3) is 5.89 Å². The van der Waals surface area contributed by atoms with E-state index in [1.807, 2.05) is 18.2 Å². The Morgan fingerprint density at radius 1 is 1.16 bits per heavy atom. The first kappa shape index (κ1) is 15.2. The molecule has 0 saturated carbocycles. The van der Waals surface area contributed by atoms with Crippen molar-refractivity contribution in [1.82, 2.24) is 15.1 Å². The number of hydrogen-bond donors (Lipinski definition) is 1. The number of H-pyrrole nitrogens is 1. The number of aromatic amines is 1. The van der Waals surface area contributed by atoms with Crippen LogP contribution in [0.15, 0.2) is 45.4 Å². The fourth-order valence-electron chi connectivity index (χ4n) is 3.33. The van der Waals surface area contributed by atoms with Crippen LogP contribution in [0.3, 0.4) is 0 Å². The van der Waals surface area contributed by atoms with Crippen molar-refractivity contribution >= 4 is 38.4 Å². The maximum absolute atomic E-state index is 5.99. The average molecular weight is 414 g/mol. The number of aryl methyl sites for hydroxylation is 1. The normalized spacial score (nSPS) is 13.5. The Morgan fingerprint density at radius 3 is 2.96 bits per heavy atom. The van der Waals surface area contributed by atoms with E-state index in [1.54, 1.807) is 6.07 Å². The molecule has 4 nitrogen and oxygen atoms in total. The van der Waals surface area contributed by atoms with E-state index in [9.17, 15) is 0 Å². The molecule has 5 rings (SSSR count). The maximum atomic E-state index is 5.99. The number of aromatic nitrogens is 3. The van der Waals surface area contributed by atoms with Crippen LogP contribution < -0.4 is 0 Å². The largest absolute Gasteiger partial charge is 0.358 e. The summed E-state index contributed by atoms with van der Waals surface area (Å²) in [7, 11) is 0. The van der Waals surface area contributed by atoms with Crippen LogP contribution in [-0.4, -0.2) is 15.1 Å². The van der Waals surface area contributed by atoms with E-state index in [1.165, 1.54) is 16.6 Å². The van der Waals surface area contributed by atoms with Gasteiger partial charge in [-0.3, -0.25) is 0 Å². The SMILES string of the molecule is Clc1ccc(-c2nc(-c3ccc4[nH]c5c(c4c3)CC[CH]5)no2)c(Br)c1. The molecule has 1 N–H and O–H groups in total. The topological polar surface area (TPSA) is 54.7 Å². The molecule has 25 heavy (non-hydrogen) atoms. The lowest BCUT2D eigenvalue weighted by Gasteiger charge is -1.99. The van der Waals surface area contributed by atoms with E-state index in [0.29, 0.717) is 16.7 Å². The summed E-state index contributed by atoms with van der Waals surface area (Å²) in [4.78, 5) is 8.02. The van der Waals surface area contributed by atoms with Crippen LogP contribution in [0.25, 0.3) is 33.7 Å². The Balaban J connectivity index is 1.58. The zero-order chi connectivity index (χ0) is 17.0. The van der Waals surface area contributed by atoms with Gasteiger partial charge in [0.05, 0.1) is 5.56 Å². The highest BCUT2D eigenvalue weighted by Gasteiger charge is 2.19. The molecule has 1 aliphatic carbocycles. The molecule has 1 radical (unpaired) electrons. The van der Waals surface area contributed by atoms with Gasteiger partial charge in [-0.15, -0.1) is 0 Å². The van der Waals surface area contributed by atoms with Gasteiger partial charge in [-0.1, -0.05) is 16.8 Å². The van der Waals surface area contributed by atoms with Crippen molar-refractivity contribution in [3.63, 3.8) is 0 Å². The molecule has 0 fully saturated rings. The summed E-state index contributed by atoms with van der Waals surface area (Å²) in [5, 5.41) is 6.04. The highest BCUT2D eigenvalue weighted by atomic mass is 79.9. The standard InChI is InChI=1S/C19H12BrClN3O/c20-15-9-11(21)5-6-13(15)19-23-18(24-25-19)10-4-7-17-14(8-10)12-2-1-3-16(12)22-17/h3-9,22H,1-2H2. The summed E-state index contributed by atoms with van der Waals surface area (Å²) in [6, 6.07) is 11.7. The summed E-state index contributed by atoms with van der Waals surface area (Å²) in [6.45, 7) is 0. The van der Waals surface area contributed by atoms with Gasteiger partial charge in [0, 0.05) is 38.1 Å². The van der Waals surface area contributed by atoms with Crippen molar-refractivity contribution in [3.8, 4) is 22.8 Å². The van der Waals surface area contributed by atoms with Crippen molar-refractivity contribution in [2.24, 2.45) is 0 Å². The number of nitrogens with zero attached hydrogens (tertiary/aromatic N) is 2. The molecular weight excluding hydrogens is 402 g/mol. The molecule has 0 spiro atoms. The highest BCUT2D eigenvalue weighted by molar-refractivity contribution is 9.10. The highest BCUT2D eigenvalue weighted by Crippen LogP contribution is 2.34. The summed E-state index contributed by atoms with van der Waals surface area (Å²) in [5.41, 5.74) is 5.53. The van der Waals surface area contributed by atoms with Crippen molar-refractivity contribution in [1.29, 1.82) is 0 Å². The zero-order valence-corrected chi connectivity index (χ0v) is 15.4. The van der Waals surface area contributed by atoms with E-state index in [0.717, 1.165) is 34.0 Å². The van der Waals surface area contributed by atoms with Crippen LogP contribution in [0.5, 0.6) is 0 Å². The summed E-state index contributed by atoms with van der Waals surface area (Å²) >= 11 is 9.49. The quantitative estimate of drug-likeness (QED) is 0.452. The minimum Gasteiger partial charge on any atom is -0.358 e. The molecule has 123 valence electrons. The van der Waals surface area contributed by atoms with Crippen LogP contribution >= 0.6 is 27.5 Å². The van der Waals surface area contributed by atoms with E-state index >= 15 is 0 Å². The number of fused-ring (bicyclic) bond motifs is 3. The number of halogens is 2. The summed E-state index contributed by atoms with van der Waals surface area (Å²) < 4.78 is 6.29. The van der Waals surface area contributed by atoms with Gasteiger partial charge < -0.3 is 9.51 Å². The van der Waals surface area contributed by atoms with Gasteiger partial charge in [0.15, 0.2) is 0 Å². The van der Waals surface area contributed by atoms with Gasteiger partial charge in [-0.05, 0) is 70.7 Å². The predicted molar refractivity (Wildman–Crippen MR) is 101 cm³/mol. The summed E-state index contributed by atoms with van der Waals surface area (Å²) in [6.07, 6.45) is 4.42. The molecule has 4 aromatic rings. The van der Waals surface area contributed by atoms with E-state index in [2.05, 4.69) is 49.6 Å². The molecule has 0 amide bonds. The van der Waals surface area contributed by atoms with Gasteiger partial charge in [-0.2, -0.15) is 4.98 Å². The van der Waals surface area contributed by atoms with Crippen molar-refractivity contribution < 1.29 is 4.52 Å². The number of hydrogen-bond acceptors (Lipinski definition) is 3. The number of benzene rings is 2. The molecule has 2 aromatic carbocycles. The van der Waals surface area contributed by atoms with Crippen molar-refractivity contribution in [3.05, 3.63) is 63.6 Å². The average Bonchev–Trinajstić information content (AvgIpc) is 3.30. The Kier molecular flexibility index (Phi) is 3.47. The lowest BCUT2D eigenvalue weighted by atomic mass is 10.1. The van der Waals surface area contributed by atoms with Gasteiger partial charge in [0.1, 0.15) is 0 Å². The molecule has 0 atom stereocenters. The summed E-state index contributed by atoms with van der Waals surface area (Å²) in [5.74, 6) is 1.04. The third-order valence-corrected chi connectivity index (χ3v) is 5.42. The van der Waals surface area contributed by atoms with Crippen LogP contribution in [0.1, 0.15) is 17.7 Å². The first-order valence-corrected chi connectivity index (χ1v) is 9.13. The Labute approximate surface area is 157 Å². The van der Waals surface area contributed by atoms with Crippen LogP contribution in [0.2, 0.25) is 5.02 Å². The van der Waals surface area contributed by atoms with E-state index in [-0.39, 0.29) is 0 Å². The second-order valence-corrected chi connectivity index (χ2v) is 7.36. The Morgan fingerprint density at radius 2 is 2.08 bits per heavy atom. The fraction of sp³-hybridized carbons (Fsp3) is 0.105. The van der Waals surface area contributed by atoms with Crippen LogP contribution in [0, 0.1) is 6.42 Å². The monoisotopic (exact) mass is 412 g/mol. The number of nitrogens with one attached hydrogen (secondary N) is 1. The Hall–Kier alpha value is -2.11. The molecule has 0 aliphatic heterocycles. The number of rotatable bonds is 2. The molecule has 0 saturated heterocycles. The minimum atomic E-state index is 0.464. The van der Waals surface area contributed by atoms with Crippen LogP contribution in [-0.2, 0) is 6.42 Å². The molecule has 0 unspecified atom stereocenters. The minimum absolute atomic E-state index is 0.464. The first-order chi connectivity index (χ1) is 12.2. The van der Waals surface area contributed by atoms with E-state index < -0.39 is 0 Å². The van der Waals surface area contributed by atoms with Gasteiger partial charge in [0.2, 0.25) is 5.82 Å². The molecular formula is C19H12BrClN3O. The second-order valence-electron chi connectivity index (χ2n) is 6.07. The predicted octanol–water partition coefficient (Wildman–Crippen LogP) is 5.80. The van der Waals surface area contributed by atoms with Gasteiger partial charge in [-0.25, -0.2) is 0 Å². The lowest BCUT2D eigenvalue weighted by molar-refractivity contribution is 0.432. The van der Waals surface area contributed by atoms with Crippen molar-refractivity contribution in [2.75, 3.05) is 0 Å². The molecule has 6 heteroatoms. The molecule has 2 heterocycles. The first-order valence-electron chi connectivity index (χ1n) is 7.96. The zero-order valence-electron chi connectivity index (χ0n) is 13.0.